The molecule has 0 aromatic heterocycles. The minimum atomic E-state index is -1.91. The van der Waals surface area contributed by atoms with Crippen molar-refractivity contribution < 1.29 is 22.7 Å². The van der Waals surface area contributed by atoms with Crippen LogP contribution in [0.3, 0.4) is 0 Å². The van der Waals surface area contributed by atoms with Crippen molar-refractivity contribution >= 4 is 17.0 Å². The van der Waals surface area contributed by atoms with Crippen molar-refractivity contribution in [3.05, 3.63) is 22.6 Å². The molecule has 0 aromatic rings. The third kappa shape index (κ3) is 4.24. The summed E-state index contributed by atoms with van der Waals surface area (Å²) in [5.74, 6) is -0.566. The maximum atomic E-state index is 11.6. The van der Waals surface area contributed by atoms with Gasteiger partial charge < -0.3 is 9.29 Å². The zero-order valence-corrected chi connectivity index (χ0v) is 9.46. The lowest BCUT2D eigenvalue weighted by atomic mass is 10.0. The highest BCUT2D eigenvalue weighted by atomic mass is 32.2. The van der Waals surface area contributed by atoms with Crippen LogP contribution in [0, 0.1) is 0 Å². The number of alkyl halides is 1. The van der Waals surface area contributed by atoms with Gasteiger partial charge in [0, 0.05) is 11.3 Å². The van der Waals surface area contributed by atoms with Gasteiger partial charge in [-0.05, 0) is 25.3 Å². The molecule has 16 heavy (non-hydrogen) atoms. The summed E-state index contributed by atoms with van der Waals surface area (Å²) in [7, 11) is 0. The van der Waals surface area contributed by atoms with Crippen molar-refractivity contribution in [1.29, 1.82) is 0 Å². The van der Waals surface area contributed by atoms with Crippen LogP contribution in [0.4, 0.5) is 4.39 Å². The largest absolute Gasteiger partial charge is 0.434 e. The van der Waals surface area contributed by atoms with Gasteiger partial charge in [0.25, 0.3) is 0 Å². The zero-order valence-electron chi connectivity index (χ0n) is 8.65. The van der Waals surface area contributed by atoms with Crippen LogP contribution in [0.5, 0.6) is 0 Å². The molecule has 1 rings (SSSR count). The van der Waals surface area contributed by atoms with Gasteiger partial charge in [0.15, 0.2) is 11.1 Å². The smallest absolute Gasteiger partial charge is 0.308 e. The van der Waals surface area contributed by atoms with Crippen molar-refractivity contribution in [2.75, 3.05) is 6.86 Å². The normalized spacial score (nSPS) is 17.4. The van der Waals surface area contributed by atoms with E-state index >= 15 is 0 Å². The highest BCUT2D eigenvalue weighted by molar-refractivity contribution is 7.83. The molecule has 0 spiro atoms. The summed E-state index contributed by atoms with van der Waals surface area (Å²) in [5, 5.41) is 0. The fourth-order valence-corrected chi connectivity index (χ4v) is 1.87. The minimum Gasteiger partial charge on any atom is -0.434 e. The quantitative estimate of drug-likeness (QED) is 0.597. The fraction of sp³-hybridized carbons (Fsp3) is 0.500. The van der Waals surface area contributed by atoms with Crippen molar-refractivity contribution in [3.63, 3.8) is 0 Å². The molecule has 0 aromatic carbocycles. The number of allylic oxidation sites excluding steroid dienone is 4. The predicted molar refractivity (Wildman–Crippen MR) is 57.5 cm³/mol. The van der Waals surface area contributed by atoms with Gasteiger partial charge in [-0.3, -0.25) is 4.79 Å². The van der Waals surface area contributed by atoms with Gasteiger partial charge in [0.2, 0.25) is 6.86 Å². The van der Waals surface area contributed by atoms with Crippen LogP contribution in [-0.4, -0.2) is 21.6 Å². The van der Waals surface area contributed by atoms with Gasteiger partial charge >= 0.3 is 5.97 Å². The van der Waals surface area contributed by atoms with Crippen LogP contribution < -0.4 is 0 Å². The summed E-state index contributed by atoms with van der Waals surface area (Å²) in [6, 6.07) is 0. The molecule has 90 valence electrons. The second kappa shape index (κ2) is 6.55. The average Bonchev–Trinajstić information content (AvgIpc) is 2.27. The van der Waals surface area contributed by atoms with E-state index in [4.69, 9.17) is 4.55 Å². The van der Waals surface area contributed by atoms with Crippen molar-refractivity contribution in [1.82, 2.24) is 0 Å². The van der Waals surface area contributed by atoms with Gasteiger partial charge in [-0.2, -0.15) is 0 Å². The second-order valence-electron chi connectivity index (χ2n) is 3.33. The van der Waals surface area contributed by atoms with E-state index in [-0.39, 0.29) is 6.42 Å². The van der Waals surface area contributed by atoms with Crippen LogP contribution >= 0.6 is 0 Å². The molecule has 0 heterocycles. The number of ether oxygens (including phenoxy) is 1. The second-order valence-corrected chi connectivity index (χ2v) is 4.36. The highest BCUT2D eigenvalue weighted by Gasteiger charge is 2.12. The number of hydrogen-bond donors (Lipinski definition) is 1. The molecule has 0 radical (unpaired) electrons. The standard InChI is InChI=1S/C10H13FO4S/c11-7-15-10(12)6-3-8-1-4-9(5-2-8)16(13)14/h1,4H,2-3,5-7H2,(H,13,14). The molecule has 1 N–H and O–H groups in total. The first kappa shape index (κ1) is 13.1. The Hall–Kier alpha value is -1.01. The number of halogens is 1. The Morgan fingerprint density at radius 2 is 2.25 bits per heavy atom. The summed E-state index contributed by atoms with van der Waals surface area (Å²) >= 11 is -1.91. The SMILES string of the molecule is O=C(CCC1=CC=C(S(=O)O)CC1)OCF. The molecular formula is C10H13FO4S. The van der Waals surface area contributed by atoms with Gasteiger partial charge in [-0.25, -0.2) is 8.60 Å². The Bertz CT molecular complexity index is 349. The predicted octanol–water partition coefficient (Wildman–Crippen LogP) is 2.06. The lowest BCUT2D eigenvalue weighted by Gasteiger charge is -2.11. The van der Waals surface area contributed by atoms with Gasteiger partial charge in [-0.15, -0.1) is 0 Å². The summed E-state index contributed by atoms with van der Waals surface area (Å²) in [6.07, 6.45) is 5.14. The molecule has 4 nitrogen and oxygen atoms in total. The topological polar surface area (TPSA) is 63.6 Å². The molecule has 6 heteroatoms. The molecule has 0 saturated heterocycles. The van der Waals surface area contributed by atoms with Gasteiger partial charge in [-0.1, -0.05) is 11.6 Å². The summed E-state index contributed by atoms with van der Waals surface area (Å²) < 4.78 is 35.3. The summed E-state index contributed by atoms with van der Waals surface area (Å²) in [4.78, 5) is 11.3. The van der Waals surface area contributed by atoms with Gasteiger partial charge in [0.05, 0.1) is 0 Å². The first-order valence-corrected chi connectivity index (χ1v) is 5.95. The first-order valence-electron chi connectivity index (χ1n) is 4.84. The number of hydrogen-bond acceptors (Lipinski definition) is 3. The third-order valence-electron chi connectivity index (χ3n) is 2.29. The number of carbonyl (C=O) groups excluding carboxylic acids is 1. The monoisotopic (exact) mass is 248 g/mol. The molecule has 1 aliphatic rings. The first-order chi connectivity index (χ1) is 7.63. The average molecular weight is 248 g/mol. The van der Waals surface area contributed by atoms with Gasteiger partial charge in [0.1, 0.15) is 0 Å². The van der Waals surface area contributed by atoms with E-state index in [1.165, 1.54) is 0 Å². The number of rotatable bonds is 5. The summed E-state index contributed by atoms with van der Waals surface area (Å²) in [6.45, 7) is -1.09. The molecule has 0 bridgehead atoms. The van der Waals surface area contributed by atoms with Crippen molar-refractivity contribution in [2.45, 2.75) is 25.7 Å². The lowest BCUT2D eigenvalue weighted by molar-refractivity contribution is -0.147. The van der Waals surface area contributed by atoms with Crippen LogP contribution in [-0.2, 0) is 20.6 Å². The molecule has 0 amide bonds. The van der Waals surface area contributed by atoms with Crippen molar-refractivity contribution in [3.8, 4) is 0 Å². The summed E-state index contributed by atoms with van der Waals surface area (Å²) in [5.41, 5.74) is 1.00. The molecule has 0 saturated carbocycles. The van der Waals surface area contributed by atoms with E-state index in [9.17, 15) is 13.4 Å². The molecule has 1 atom stereocenters. The Labute approximate surface area is 95.5 Å². The van der Waals surface area contributed by atoms with Crippen molar-refractivity contribution in [2.24, 2.45) is 0 Å². The zero-order chi connectivity index (χ0) is 12.0. The molecule has 1 unspecified atom stereocenters. The fourth-order valence-electron chi connectivity index (χ4n) is 1.41. The van der Waals surface area contributed by atoms with E-state index in [2.05, 4.69) is 4.74 Å². The van der Waals surface area contributed by atoms with E-state index in [0.717, 1.165) is 5.57 Å². The molecule has 1 aliphatic carbocycles. The van der Waals surface area contributed by atoms with Crippen LogP contribution in [0.15, 0.2) is 22.6 Å². The highest BCUT2D eigenvalue weighted by Crippen LogP contribution is 2.23. The Balaban J connectivity index is 2.40. The van der Waals surface area contributed by atoms with E-state index in [1.807, 2.05) is 0 Å². The Morgan fingerprint density at radius 1 is 1.50 bits per heavy atom. The maximum Gasteiger partial charge on any atom is 0.308 e. The Kier molecular flexibility index (Phi) is 5.34. The molecular weight excluding hydrogens is 235 g/mol. The number of esters is 1. The number of carbonyl (C=O) groups is 1. The van der Waals surface area contributed by atoms with E-state index < -0.39 is 23.9 Å². The lowest BCUT2D eigenvalue weighted by Crippen LogP contribution is -2.05. The Morgan fingerprint density at radius 3 is 2.75 bits per heavy atom. The maximum absolute atomic E-state index is 11.6. The minimum absolute atomic E-state index is 0.140. The molecule has 0 fully saturated rings. The van der Waals surface area contributed by atoms with E-state index in [1.54, 1.807) is 12.2 Å². The van der Waals surface area contributed by atoms with Crippen LogP contribution in [0.2, 0.25) is 0 Å². The third-order valence-corrected chi connectivity index (χ3v) is 3.08. The van der Waals surface area contributed by atoms with Crippen LogP contribution in [0.25, 0.3) is 0 Å². The van der Waals surface area contributed by atoms with E-state index in [0.29, 0.717) is 24.2 Å². The molecule has 0 aliphatic heterocycles. The van der Waals surface area contributed by atoms with Crippen LogP contribution in [0.1, 0.15) is 25.7 Å².